The number of carbonyl (C=O) groups is 1. The zero-order valence-electron chi connectivity index (χ0n) is 16.1. The summed E-state index contributed by atoms with van der Waals surface area (Å²) < 4.78 is 10.6. The fourth-order valence-corrected chi connectivity index (χ4v) is 4.07. The standard InChI is InChI=1S/C21H27O3P/c1-13-10-15(21(3,4)5)11-14(2)19(13)20(22)25-18-9-8-16(23-6)12-17(18)24-7/h8-12,25H,1-7H3. The molecule has 0 saturated heterocycles. The smallest absolute Gasteiger partial charge is 0.186 e. The van der Waals surface area contributed by atoms with Gasteiger partial charge >= 0.3 is 0 Å². The van der Waals surface area contributed by atoms with Gasteiger partial charge in [0.25, 0.3) is 0 Å². The van der Waals surface area contributed by atoms with Crippen molar-refractivity contribution < 1.29 is 14.3 Å². The Morgan fingerprint density at radius 3 is 2.04 bits per heavy atom. The van der Waals surface area contributed by atoms with Gasteiger partial charge in [0.15, 0.2) is 5.52 Å². The Balaban J connectivity index is 2.36. The minimum absolute atomic E-state index is 0.0159. The predicted molar refractivity (Wildman–Crippen MR) is 106 cm³/mol. The second kappa shape index (κ2) is 7.58. The van der Waals surface area contributed by atoms with Crippen LogP contribution in [0, 0.1) is 13.8 Å². The Labute approximate surface area is 152 Å². The SMILES string of the molecule is COc1ccc(PC(=O)c2c(C)cc(C(C)(C)C)cc2C)c(OC)c1. The first kappa shape index (κ1) is 19.5. The van der Waals surface area contributed by atoms with Crippen LogP contribution in [0.15, 0.2) is 30.3 Å². The average molecular weight is 358 g/mol. The average Bonchev–Trinajstić information content (AvgIpc) is 2.53. The molecule has 2 rings (SSSR count). The Kier molecular flexibility index (Phi) is 5.90. The maximum Gasteiger partial charge on any atom is 0.186 e. The molecule has 2 aromatic carbocycles. The third kappa shape index (κ3) is 4.41. The molecule has 0 heterocycles. The highest BCUT2D eigenvalue weighted by atomic mass is 31.1. The molecular formula is C21H27O3P. The fraction of sp³-hybridized carbons (Fsp3) is 0.381. The van der Waals surface area contributed by atoms with Crippen molar-refractivity contribution in [3.05, 3.63) is 52.6 Å². The van der Waals surface area contributed by atoms with Crippen LogP contribution in [-0.2, 0) is 5.41 Å². The maximum absolute atomic E-state index is 13.0. The van der Waals surface area contributed by atoms with E-state index in [0.717, 1.165) is 27.7 Å². The molecule has 2 aromatic rings. The van der Waals surface area contributed by atoms with E-state index in [-0.39, 0.29) is 19.5 Å². The highest BCUT2D eigenvalue weighted by Crippen LogP contribution is 2.32. The summed E-state index contributed by atoms with van der Waals surface area (Å²) in [6.45, 7) is 10.6. The Bertz CT molecular complexity index is 765. The highest BCUT2D eigenvalue weighted by molar-refractivity contribution is 7.66. The fourth-order valence-electron chi connectivity index (χ4n) is 2.84. The summed E-state index contributed by atoms with van der Waals surface area (Å²) in [6.07, 6.45) is 0. The Hall–Kier alpha value is -1.86. The quantitative estimate of drug-likeness (QED) is 0.723. The molecule has 3 nitrogen and oxygen atoms in total. The highest BCUT2D eigenvalue weighted by Gasteiger charge is 2.20. The van der Waals surface area contributed by atoms with E-state index < -0.39 is 0 Å². The van der Waals surface area contributed by atoms with Gasteiger partial charge in [0, 0.05) is 16.9 Å². The Morgan fingerprint density at radius 2 is 1.56 bits per heavy atom. The van der Waals surface area contributed by atoms with E-state index in [4.69, 9.17) is 9.47 Å². The maximum atomic E-state index is 13.0. The van der Waals surface area contributed by atoms with Gasteiger partial charge in [-0.3, -0.25) is 4.79 Å². The molecule has 0 saturated carbocycles. The van der Waals surface area contributed by atoms with Crippen molar-refractivity contribution in [2.75, 3.05) is 14.2 Å². The molecule has 4 heteroatoms. The number of carbonyl (C=O) groups excluding carboxylic acids is 1. The van der Waals surface area contributed by atoms with Gasteiger partial charge in [0.05, 0.1) is 14.2 Å². The van der Waals surface area contributed by atoms with Crippen molar-refractivity contribution in [3.63, 3.8) is 0 Å². The van der Waals surface area contributed by atoms with E-state index in [0.29, 0.717) is 5.75 Å². The molecular weight excluding hydrogens is 331 g/mol. The lowest BCUT2D eigenvalue weighted by molar-refractivity contribution is 0.108. The zero-order valence-corrected chi connectivity index (χ0v) is 17.1. The van der Waals surface area contributed by atoms with Crippen LogP contribution in [0.4, 0.5) is 0 Å². The van der Waals surface area contributed by atoms with E-state index in [2.05, 4.69) is 32.9 Å². The molecule has 0 spiro atoms. The third-order valence-electron chi connectivity index (χ3n) is 4.28. The summed E-state index contributed by atoms with van der Waals surface area (Å²) in [4.78, 5) is 13.0. The number of hydrogen-bond acceptors (Lipinski definition) is 3. The first-order chi connectivity index (χ1) is 11.7. The van der Waals surface area contributed by atoms with Crippen LogP contribution in [0.25, 0.3) is 0 Å². The van der Waals surface area contributed by atoms with Crippen LogP contribution >= 0.6 is 8.58 Å². The largest absolute Gasteiger partial charge is 0.497 e. The summed E-state index contributed by atoms with van der Waals surface area (Å²) in [5, 5.41) is 0.895. The molecule has 1 unspecified atom stereocenters. The summed E-state index contributed by atoms with van der Waals surface area (Å²) >= 11 is 0. The van der Waals surface area contributed by atoms with E-state index in [1.165, 1.54) is 5.56 Å². The van der Waals surface area contributed by atoms with Crippen molar-refractivity contribution in [2.24, 2.45) is 0 Å². The molecule has 0 aliphatic heterocycles. The number of hydrogen-bond donors (Lipinski definition) is 0. The normalized spacial score (nSPS) is 11.8. The number of methoxy groups -OCH3 is 2. The molecule has 0 bridgehead atoms. The van der Waals surface area contributed by atoms with Crippen LogP contribution in [0.1, 0.15) is 47.8 Å². The van der Waals surface area contributed by atoms with Crippen molar-refractivity contribution >= 4 is 19.4 Å². The van der Waals surface area contributed by atoms with E-state index in [9.17, 15) is 4.79 Å². The molecule has 0 aliphatic rings. The molecule has 134 valence electrons. The predicted octanol–water partition coefficient (Wildman–Crippen LogP) is 4.76. The van der Waals surface area contributed by atoms with Crippen molar-refractivity contribution in [2.45, 2.75) is 40.0 Å². The summed E-state index contributed by atoms with van der Waals surface area (Å²) in [7, 11) is 3.25. The van der Waals surface area contributed by atoms with Gasteiger partial charge < -0.3 is 9.47 Å². The molecule has 0 aliphatic carbocycles. The molecule has 0 aromatic heterocycles. The van der Waals surface area contributed by atoms with Crippen molar-refractivity contribution in [3.8, 4) is 11.5 Å². The second-order valence-corrected chi connectivity index (χ2v) is 8.50. The summed E-state index contributed by atoms with van der Waals surface area (Å²) in [5.74, 6) is 1.41. The minimum Gasteiger partial charge on any atom is -0.497 e. The number of rotatable bonds is 5. The first-order valence-corrected chi connectivity index (χ1v) is 9.32. The van der Waals surface area contributed by atoms with Gasteiger partial charge in [-0.1, -0.05) is 32.9 Å². The lowest BCUT2D eigenvalue weighted by atomic mass is 9.84. The number of aryl methyl sites for hydroxylation is 2. The second-order valence-electron chi connectivity index (χ2n) is 7.26. The van der Waals surface area contributed by atoms with Crippen molar-refractivity contribution in [1.29, 1.82) is 0 Å². The van der Waals surface area contributed by atoms with Crippen molar-refractivity contribution in [1.82, 2.24) is 0 Å². The lowest BCUT2D eigenvalue weighted by Gasteiger charge is -2.22. The lowest BCUT2D eigenvalue weighted by Crippen LogP contribution is -2.14. The molecule has 0 amide bonds. The van der Waals surface area contributed by atoms with Gasteiger partial charge in [0.2, 0.25) is 0 Å². The van der Waals surface area contributed by atoms with E-state index in [1.807, 2.05) is 32.0 Å². The molecule has 0 N–H and O–H groups in total. The van der Waals surface area contributed by atoms with E-state index in [1.54, 1.807) is 14.2 Å². The number of benzene rings is 2. The first-order valence-electron chi connectivity index (χ1n) is 8.32. The monoisotopic (exact) mass is 358 g/mol. The third-order valence-corrected chi connectivity index (χ3v) is 5.44. The molecule has 1 atom stereocenters. The molecule has 0 radical (unpaired) electrons. The van der Waals surface area contributed by atoms with Crippen LogP contribution in [0.2, 0.25) is 0 Å². The van der Waals surface area contributed by atoms with E-state index >= 15 is 0 Å². The Morgan fingerprint density at radius 1 is 0.960 bits per heavy atom. The number of ether oxygens (including phenoxy) is 2. The summed E-state index contributed by atoms with van der Waals surface area (Å²) in [6, 6.07) is 9.85. The molecule has 0 fully saturated rings. The van der Waals surface area contributed by atoms with Gasteiger partial charge in [-0.2, -0.15) is 0 Å². The van der Waals surface area contributed by atoms with Gasteiger partial charge in [0.1, 0.15) is 11.5 Å². The van der Waals surface area contributed by atoms with Gasteiger partial charge in [-0.25, -0.2) is 0 Å². The van der Waals surface area contributed by atoms with Crippen LogP contribution in [-0.4, -0.2) is 19.7 Å². The van der Waals surface area contributed by atoms with Crippen LogP contribution in [0.3, 0.4) is 0 Å². The zero-order chi connectivity index (χ0) is 18.8. The van der Waals surface area contributed by atoms with Crippen LogP contribution < -0.4 is 14.8 Å². The van der Waals surface area contributed by atoms with Gasteiger partial charge in [-0.05, 0) is 56.7 Å². The molecule has 25 heavy (non-hydrogen) atoms. The summed E-state index contributed by atoms with van der Waals surface area (Å²) in [5.41, 5.74) is 4.36. The van der Waals surface area contributed by atoms with Crippen LogP contribution in [0.5, 0.6) is 11.5 Å². The van der Waals surface area contributed by atoms with Gasteiger partial charge in [-0.15, -0.1) is 0 Å². The minimum atomic E-state index is 0.0159. The topological polar surface area (TPSA) is 35.5 Å².